The number of likely N-dealkylation sites (N-methyl/N-ethyl adjacent to an activating group) is 1. The summed E-state index contributed by atoms with van der Waals surface area (Å²) in [6.07, 6.45) is 4.07. The molecule has 1 aromatic rings. The number of hydrogen-bond acceptors (Lipinski definition) is 4. The molecule has 112 valence electrons. The summed E-state index contributed by atoms with van der Waals surface area (Å²) in [5.74, 6) is 5.55. The van der Waals surface area contributed by atoms with Gasteiger partial charge in [-0.2, -0.15) is 0 Å². The van der Waals surface area contributed by atoms with Crippen LogP contribution in [0.25, 0.3) is 0 Å². The second kappa shape index (κ2) is 7.77. The minimum Gasteiger partial charge on any atom is -0.395 e. The van der Waals surface area contributed by atoms with E-state index >= 15 is 0 Å². The van der Waals surface area contributed by atoms with Crippen molar-refractivity contribution in [2.45, 2.75) is 25.3 Å². The Balaban J connectivity index is 2.07. The van der Waals surface area contributed by atoms with Crippen LogP contribution >= 0.6 is 0 Å². The molecular weight excluding hydrogens is 266 g/mol. The van der Waals surface area contributed by atoms with E-state index in [1.807, 2.05) is 0 Å². The lowest BCUT2D eigenvalue weighted by Gasteiger charge is -2.30. The number of aliphatic hydroxyl groups excluding tert-OH is 1. The quantitative estimate of drug-likeness (QED) is 0.801. The molecule has 5 nitrogen and oxygen atoms in total. The van der Waals surface area contributed by atoms with E-state index in [1.54, 1.807) is 18.3 Å². The van der Waals surface area contributed by atoms with Crippen molar-refractivity contribution in [2.24, 2.45) is 0 Å². The number of nitrogens with zero attached hydrogens (tertiary/aromatic N) is 2. The van der Waals surface area contributed by atoms with Crippen molar-refractivity contribution in [2.75, 3.05) is 26.7 Å². The summed E-state index contributed by atoms with van der Waals surface area (Å²) in [4.78, 5) is 18.7. The molecule has 2 rings (SSSR count). The number of amides is 1. The number of carbonyl (C=O) groups is 1. The summed E-state index contributed by atoms with van der Waals surface area (Å²) in [5, 5.41) is 11.8. The van der Waals surface area contributed by atoms with Gasteiger partial charge in [0.25, 0.3) is 5.91 Å². The molecule has 5 heteroatoms. The van der Waals surface area contributed by atoms with E-state index < -0.39 is 0 Å². The average molecular weight is 287 g/mol. The van der Waals surface area contributed by atoms with Gasteiger partial charge in [-0.3, -0.25) is 4.79 Å². The summed E-state index contributed by atoms with van der Waals surface area (Å²) in [6, 6.07) is 3.70. The molecule has 1 aliphatic rings. The first-order valence-corrected chi connectivity index (χ1v) is 7.25. The van der Waals surface area contributed by atoms with E-state index in [9.17, 15) is 4.79 Å². The lowest BCUT2D eigenvalue weighted by molar-refractivity contribution is 0.0907. The van der Waals surface area contributed by atoms with Gasteiger partial charge in [0.15, 0.2) is 0 Å². The van der Waals surface area contributed by atoms with Gasteiger partial charge in [-0.05, 0) is 38.6 Å². The number of piperidine rings is 1. The number of carbonyl (C=O) groups excluding carboxylic acids is 1. The Hall–Kier alpha value is -1.90. The zero-order valence-corrected chi connectivity index (χ0v) is 12.3. The van der Waals surface area contributed by atoms with E-state index in [1.165, 1.54) is 0 Å². The third-order valence-corrected chi connectivity index (χ3v) is 3.44. The van der Waals surface area contributed by atoms with Crippen LogP contribution in [0.5, 0.6) is 0 Å². The molecule has 1 atom stereocenters. The number of aliphatic hydroxyl groups is 1. The fourth-order valence-electron chi connectivity index (χ4n) is 2.44. The smallest absolute Gasteiger partial charge is 0.271 e. The van der Waals surface area contributed by atoms with Crippen LogP contribution in [0.1, 0.15) is 35.3 Å². The molecule has 1 unspecified atom stereocenters. The van der Waals surface area contributed by atoms with E-state index in [0.717, 1.165) is 25.9 Å². The lowest BCUT2D eigenvalue weighted by Crippen LogP contribution is -2.46. The monoisotopic (exact) mass is 287 g/mol. The first-order chi connectivity index (χ1) is 10.2. The van der Waals surface area contributed by atoms with E-state index in [-0.39, 0.29) is 18.6 Å². The molecule has 0 radical (unpaired) electrons. The first-order valence-electron chi connectivity index (χ1n) is 7.25. The fraction of sp³-hybridized carbons (Fsp3) is 0.500. The molecule has 0 spiro atoms. The molecule has 0 aliphatic carbocycles. The Kier molecular flexibility index (Phi) is 5.73. The van der Waals surface area contributed by atoms with Crippen LogP contribution in [0.2, 0.25) is 0 Å². The zero-order chi connectivity index (χ0) is 15.1. The summed E-state index contributed by atoms with van der Waals surface area (Å²) < 4.78 is 0. The van der Waals surface area contributed by atoms with Crippen molar-refractivity contribution in [1.82, 2.24) is 15.2 Å². The normalized spacial score (nSPS) is 18.7. The zero-order valence-electron chi connectivity index (χ0n) is 12.3. The molecule has 0 bridgehead atoms. The van der Waals surface area contributed by atoms with Crippen LogP contribution in [0.15, 0.2) is 18.3 Å². The van der Waals surface area contributed by atoms with Gasteiger partial charge in [-0.25, -0.2) is 4.98 Å². The van der Waals surface area contributed by atoms with Crippen LogP contribution < -0.4 is 5.32 Å². The van der Waals surface area contributed by atoms with Gasteiger partial charge in [0.2, 0.25) is 0 Å². The highest BCUT2D eigenvalue weighted by Crippen LogP contribution is 2.10. The first kappa shape index (κ1) is 15.5. The SMILES string of the molecule is CN1CCCC(NC(=O)c2ncccc2C#CCCO)C1. The van der Waals surface area contributed by atoms with Crippen molar-refractivity contribution < 1.29 is 9.90 Å². The topological polar surface area (TPSA) is 65.5 Å². The highest BCUT2D eigenvalue weighted by molar-refractivity contribution is 5.94. The molecule has 1 amide bonds. The fourth-order valence-corrected chi connectivity index (χ4v) is 2.44. The average Bonchev–Trinajstić information content (AvgIpc) is 2.48. The van der Waals surface area contributed by atoms with Gasteiger partial charge in [0, 0.05) is 25.2 Å². The summed E-state index contributed by atoms with van der Waals surface area (Å²) in [6.45, 7) is 1.96. The highest BCUT2D eigenvalue weighted by atomic mass is 16.2. The lowest BCUT2D eigenvalue weighted by atomic mass is 10.1. The summed E-state index contributed by atoms with van der Waals surface area (Å²) >= 11 is 0. The standard InChI is InChI=1S/C16H21N3O2/c1-19-10-5-8-14(12-19)18-16(21)15-13(6-2-3-11-20)7-4-9-17-15/h4,7,9,14,20H,3,5,8,10-12H2,1H3,(H,18,21). The van der Waals surface area contributed by atoms with Crippen molar-refractivity contribution in [3.8, 4) is 11.8 Å². The van der Waals surface area contributed by atoms with Crippen molar-refractivity contribution in [1.29, 1.82) is 0 Å². The molecule has 21 heavy (non-hydrogen) atoms. The maximum absolute atomic E-state index is 12.4. The van der Waals surface area contributed by atoms with Crippen LogP contribution in [-0.2, 0) is 0 Å². The van der Waals surface area contributed by atoms with Gasteiger partial charge in [0.1, 0.15) is 5.69 Å². The van der Waals surface area contributed by atoms with Gasteiger partial charge >= 0.3 is 0 Å². The Morgan fingerprint density at radius 2 is 2.48 bits per heavy atom. The Bertz CT molecular complexity index is 548. The van der Waals surface area contributed by atoms with Gasteiger partial charge < -0.3 is 15.3 Å². The molecule has 2 heterocycles. The molecule has 1 fully saturated rings. The van der Waals surface area contributed by atoms with Crippen LogP contribution in [-0.4, -0.2) is 53.7 Å². The van der Waals surface area contributed by atoms with E-state index in [4.69, 9.17) is 5.11 Å². The van der Waals surface area contributed by atoms with Crippen molar-refractivity contribution in [3.63, 3.8) is 0 Å². The molecule has 0 aromatic carbocycles. The molecule has 1 aliphatic heterocycles. The second-order valence-corrected chi connectivity index (χ2v) is 5.25. The summed E-state index contributed by atoms with van der Waals surface area (Å²) in [5.41, 5.74) is 0.962. The minimum absolute atomic E-state index is 0.0171. The van der Waals surface area contributed by atoms with E-state index in [0.29, 0.717) is 17.7 Å². The molecular formula is C16H21N3O2. The van der Waals surface area contributed by atoms with Gasteiger partial charge in [0.05, 0.1) is 12.2 Å². The van der Waals surface area contributed by atoms with E-state index in [2.05, 4.69) is 34.1 Å². The molecule has 2 N–H and O–H groups in total. The highest BCUT2D eigenvalue weighted by Gasteiger charge is 2.21. The third kappa shape index (κ3) is 4.55. The van der Waals surface area contributed by atoms with Gasteiger partial charge in [-0.1, -0.05) is 11.8 Å². The Morgan fingerprint density at radius 1 is 1.62 bits per heavy atom. The number of pyridine rings is 1. The van der Waals surface area contributed by atoms with Crippen LogP contribution in [0.4, 0.5) is 0 Å². The largest absolute Gasteiger partial charge is 0.395 e. The maximum Gasteiger partial charge on any atom is 0.271 e. The van der Waals surface area contributed by atoms with Crippen LogP contribution in [0, 0.1) is 11.8 Å². The molecule has 1 saturated heterocycles. The Morgan fingerprint density at radius 3 is 3.24 bits per heavy atom. The van der Waals surface area contributed by atoms with Crippen molar-refractivity contribution in [3.05, 3.63) is 29.6 Å². The maximum atomic E-state index is 12.4. The summed E-state index contributed by atoms with van der Waals surface area (Å²) in [7, 11) is 2.06. The number of hydrogen-bond donors (Lipinski definition) is 2. The minimum atomic E-state index is -0.177. The molecule has 0 saturated carbocycles. The predicted molar refractivity (Wildman–Crippen MR) is 80.8 cm³/mol. The second-order valence-electron chi connectivity index (χ2n) is 5.25. The van der Waals surface area contributed by atoms with Crippen LogP contribution in [0.3, 0.4) is 0 Å². The van der Waals surface area contributed by atoms with Gasteiger partial charge in [-0.15, -0.1) is 0 Å². The third-order valence-electron chi connectivity index (χ3n) is 3.44. The number of aromatic nitrogens is 1. The Labute approximate surface area is 125 Å². The number of nitrogens with one attached hydrogen (secondary N) is 1. The van der Waals surface area contributed by atoms with Crippen molar-refractivity contribution >= 4 is 5.91 Å². The number of rotatable bonds is 3. The number of likely N-dealkylation sites (tertiary alicyclic amines) is 1. The predicted octanol–water partition coefficient (Wildman–Crippen LogP) is 0.639. The molecule has 1 aromatic heterocycles.